The fourth-order valence-corrected chi connectivity index (χ4v) is 20.7. The molecule has 0 aliphatic heterocycles. The second-order valence-electron chi connectivity index (χ2n) is 11.7. The first-order chi connectivity index (χ1) is 24.7. The third-order valence-corrected chi connectivity index (χ3v) is 21.0. The number of nitrogens with zero attached hydrogens (tertiary/aromatic N) is 1. The summed E-state index contributed by atoms with van der Waals surface area (Å²) in [5.74, 6) is 1.73. The lowest BCUT2D eigenvalue weighted by molar-refractivity contribution is 0.628. The zero-order valence-corrected chi connectivity index (χ0v) is 31.2. The molecule has 0 fully saturated rings. The molecular weight excluding hydrogens is 685 g/mol. The van der Waals surface area contributed by atoms with Crippen LogP contribution in [0.1, 0.15) is 0 Å². The molecule has 0 amide bonds. The third kappa shape index (κ3) is 8.47. The Kier molecular flexibility index (Phi) is 11.9. The molecule has 0 spiro atoms. The van der Waals surface area contributed by atoms with Crippen molar-refractivity contribution in [3.63, 3.8) is 0 Å². The molecule has 0 aliphatic rings. The van der Waals surface area contributed by atoms with Crippen LogP contribution >= 0.6 is 32.0 Å². The standard InChI is InChI=1S/C44H38FNP4/c45-37-31-33-38(34-32-37)46(49(43-27-15-5-16-28-43)35-47(39-19-7-1-8-20-39)40-21-9-2-10-22-40)50(44-29-17-6-18-30-44)36-48(41-23-11-3-12-24-41)42-25-13-4-14-26-42/h1-34H,35-36H2. The predicted octanol–water partition coefficient (Wildman–Crippen LogP) is 10.3. The minimum atomic E-state index is -0.944. The summed E-state index contributed by atoms with van der Waals surface area (Å²) >= 11 is 0. The Morgan fingerprint density at radius 1 is 0.320 bits per heavy atom. The van der Waals surface area contributed by atoms with Crippen LogP contribution in [0.25, 0.3) is 0 Å². The lowest BCUT2D eigenvalue weighted by Crippen LogP contribution is -2.28. The highest BCUT2D eigenvalue weighted by molar-refractivity contribution is 7.95. The number of anilines is 1. The zero-order valence-electron chi connectivity index (χ0n) is 27.7. The molecule has 0 aromatic heterocycles. The Labute approximate surface area is 301 Å². The van der Waals surface area contributed by atoms with E-state index in [2.05, 4.69) is 186 Å². The van der Waals surface area contributed by atoms with E-state index in [-0.39, 0.29) is 5.82 Å². The second-order valence-corrected chi connectivity index (χ2v) is 21.5. The molecule has 1 nitrogen and oxygen atoms in total. The number of hydrogen-bond donors (Lipinski definition) is 0. The maximum atomic E-state index is 14.7. The molecule has 7 rings (SSSR count). The lowest BCUT2D eigenvalue weighted by atomic mass is 10.3. The van der Waals surface area contributed by atoms with Gasteiger partial charge >= 0.3 is 0 Å². The summed E-state index contributed by atoms with van der Waals surface area (Å²) < 4.78 is 17.4. The van der Waals surface area contributed by atoms with Gasteiger partial charge < -0.3 is 4.44 Å². The third-order valence-electron chi connectivity index (χ3n) is 8.45. The van der Waals surface area contributed by atoms with Crippen molar-refractivity contribution in [3.05, 3.63) is 212 Å². The minimum Gasteiger partial charge on any atom is -0.320 e. The summed E-state index contributed by atoms with van der Waals surface area (Å²) in [5.41, 5.74) is 1.07. The molecule has 0 saturated heterocycles. The van der Waals surface area contributed by atoms with Gasteiger partial charge in [-0.25, -0.2) is 4.39 Å². The highest BCUT2D eigenvalue weighted by Crippen LogP contribution is 2.65. The minimum absolute atomic E-state index is 0.214. The van der Waals surface area contributed by atoms with Gasteiger partial charge in [0.1, 0.15) is 5.82 Å². The summed E-state index contributed by atoms with van der Waals surface area (Å²) in [5, 5.41) is 8.15. The van der Waals surface area contributed by atoms with E-state index in [1.807, 2.05) is 12.1 Å². The number of hydrogen-bond acceptors (Lipinski definition) is 1. The van der Waals surface area contributed by atoms with Gasteiger partial charge in [0.15, 0.2) is 0 Å². The van der Waals surface area contributed by atoms with E-state index in [9.17, 15) is 4.39 Å². The molecule has 0 heterocycles. The Hall–Kier alpha value is -4.01. The average Bonchev–Trinajstić information content (AvgIpc) is 3.20. The van der Waals surface area contributed by atoms with E-state index in [1.165, 1.54) is 31.8 Å². The van der Waals surface area contributed by atoms with E-state index < -0.39 is 32.0 Å². The van der Waals surface area contributed by atoms with E-state index in [0.717, 1.165) is 17.5 Å². The van der Waals surface area contributed by atoms with Crippen LogP contribution in [0, 0.1) is 5.82 Å². The molecule has 246 valence electrons. The molecule has 7 aromatic carbocycles. The molecule has 0 N–H and O–H groups in total. The van der Waals surface area contributed by atoms with Gasteiger partial charge in [-0.15, -0.1) is 0 Å². The van der Waals surface area contributed by atoms with Gasteiger partial charge in [-0.1, -0.05) is 182 Å². The van der Waals surface area contributed by atoms with Crippen molar-refractivity contribution in [1.82, 2.24) is 0 Å². The molecule has 2 atom stereocenters. The number of benzene rings is 7. The Morgan fingerprint density at radius 3 is 0.860 bits per heavy atom. The summed E-state index contributed by atoms with van der Waals surface area (Å²) in [6, 6.07) is 73.5. The van der Waals surface area contributed by atoms with Gasteiger partial charge in [0.25, 0.3) is 0 Å². The van der Waals surface area contributed by atoms with Gasteiger partial charge in [0.2, 0.25) is 0 Å². The summed E-state index contributed by atoms with van der Waals surface area (Å²) in [6.07, 6.45) is 0. The van der Waals surface area contributed by atoms with Gasteiger partial charge in [0, 0.05) is 33.6 Å². The van der Waals surface area contributed by atoms with Crippen LogP contribution in [0.15, 0.2) is 206 Å². The van der Waals surface area contributed by atoms with Crippen molar-refractivity contribution in [3.8, 4) is 0 Å². The molecular formula is C44H38FNP4. The topological polar surface area (TPSA) is 3.24 Å². The highest BCUT2D eigenvalue weighted by atomic mass is 31.2. The van der Waals surface area contributed by atoms with E-state index >= 15 is 0 Å². The Morgan fingerprint density at radius 2 is 0.580 bits per heavy atom. The van der Waals surface area contributed by atoms with Gasteiger partial charge in [-0.2, -0.15) is 0 Å². The first-order valence-electron chi connectivity index (χ1n) is 16.7. The summed E-state index contributed by atoms with van der Waals surface area (Å²) in [4.78, 5) is 0. The fourth-order valence-electron chi connectivity index (χ4n) is 6.01. The summed E-state index contributed by atoms with van der Waals surface area (Å²) in [6.45, 7) is 0. The molecule has 0 bridgehead atoms. The fraction of sp³-hybridized carbons (Fsp3) is 0.0455. The quantitative estimate of drug-likeness (QED) is 0.107. The van der Waals surface area contributed by atoms with Crippen LogP contribution in [-0.4, -0.2) is 11.8 Å². The second kappa shape index (κ2) is 17.3. The monoisotopic (exact) mass is 723 g/mol. The van der Waals surface area contributed by atoms with Crippen LogP contribution in [0.4, 0.5) is 10.1 Å². The first kappa shape index (κ1) is 34.4. The first-order valence-corrected chi connectivity index (χ1v) is 22.7. The Balaban J connectivity index is 1.44. The zero-order chi connectivity index (χ0) is 34.0. The van der Waals surface area contributed by atoms with E-state index in [4.69, 9.17) is 0 Å². The number of halogens is 1. The van der Waals surface area contributed by atoms with Crippen molar-refractivity contribution >= 4 is 69.5 Å². The normalized spacial score (nSPS) is 12.5. The van der Waals surface area contributed by atoms with Crippen molar-refractivity contribution in [2.45, 2.75) is 0 Å². The highest BCUT2D eigenvalue weighted by Gasteiger charge is 2.34. The molecule has 50 heavy (non-hydrogen) atoms. The SMILES string of the molecule is Fc1ccc(N(P(CP(c2ccccc2)c2ccccc2)c2ccccc2)P(CP(c2ccccc2)c2ccccc2)c2ccccc2)cc1. The lowest BCUT2D eigenvalue weighted by Gasteiger charge is -2.43. The van der Waals surface area contributed by atoms with Crippen molar-refractivity contribution in [1.29, 1.82) is 0 Å². The van der Waals surface area contributed by atoms with Gasteiger partial charge in [-0.05, 0) is 71.9 Å². The van der Waals surface area contributed by atoms with Crippen LogP contribution in [0.2, 0.25) is 0 Å². The van der Waals surface area contributed by atoms with E-state index in [0.29, 0.717) is 0 Å². The molecule has 0 radical (unpaired) electrons. The van der Waals surface area contributed by atoms with Gasteiger partial charge in [0.05, 0.1) is 0 Å². The van der Waals surface area contributed by atoms with Crippen LogP contribution in [0.3, 0.4) is 0 Å². The Bertz CT molecular complexity index is 1810. The molecule has 2 unspecified atom stereocenters. The smallest absolute Gasteiger partial charge is 0.123 e. The van der Waals surface area contributed by atoms with Crippen LogP contribution < -0.4 is 36.3 Å². The maximum absolute atomic E-state index is 14.7. The molecule has 0 aliphatic carbocycles. The predicted molar refractivity (Wildman–Crippen MR) is 223 cm³/mol. The van der Waals surface area contributed by atoms with Crippen LogP contribution in [0.5, 0.6) is 0 Å². The molecule has 7 aromatic rings. The van der Waals surface area contributed by atoms with Crippen molar-refractivity contribution in [2.24, 2.45) is 0 Å². The van der Waals surface area contributed by atoms with Gasteiger partial charge in [-0.3, -0.25) is 0 Å². The summed E-state index contributed by atoms with van der Waals surface area (Å²) in [7, 11) is -3.32. The molecule has 6 heteroatoms. The molecule has 0 saturated carbocycles. The van der Waals surface area contributed by atoms with Crippen LogP contribution in [-0.2, 0) is 0 Å². The number of rotatable bonds is 13. The van der Waals surface area contributed by atoms with Crippen molar-refractivity contribution < 1.29 is 4.39 Å². The maximum Gasteiger partial charge on any atom is 0.123 e. The van der Waals surface area contributed by atoms with E-state index in [1.54, 1.807) is 12.1 Å². The average molecular weight is 724 g/mol. The largest absolute Gasteiger partial charge is 0.320 e. The van der Waals surface area contributed by atoms with Crippen molar-refractivity contribution in [2.75, 3.05) is 16.2 Å².